The lowest BCUT2D eigenvalue weighted by atomic mass is 10.2. The van der Waals surface area contributed by atoms with Crippen molar-refractivity contribution >= 4 is 11.8 Å². The Bertz CT molecular complexity index is 1190. The van der Waals surface area contributed by atoms with Gasteiger partial charge in [0.15, 0.2) is 0 Å². The van der Waals surface area contributed by atoms with Crippen LogP contribution in [0.4, 0.5) is 4.39 Å². The summed E-state index contributed by atoms with van der Waals surface area (Å²) in [5.41, 5.74) is 0.304. The van der Waals surface area contributed by atoms with Crippen LogP contribution in [0.1, 0.15) is 34.3 Å². The first-order chi connectivity index (χ1) is 15.5. The van der Waals surface area contributed by atoms with Crippen molar-refractivity contribution in [2.75, 3.05) is 0 Å². The van der Waals surface area contributed by atoms with Crippen molar-refractivity contribution in [3.63, 3.8) is 0 Å². The van der Waals surface area contributed by atoms with Gasteiger partial charge in [0.25, 0.3) is 5.91 Å². The van der Waals surface area contributed by atoms with Crippen molar-refractivity contribution in [2.45, 2.75) is 24.9 Å². The second-order valence-electron chi connectivity index (χ2n) is 7.34. The Kier molecular flexibility index (Phi) is 5.77. The number of benzene rings is 2. The van der Waals surface area contributed by atoms with Gasteiger partial charge in [-0.05, 0) is 48.7 Å². The summed E-state index contributed by atoms with van der Waals surface area (Å²) in [7, 11) is 0. The second-order valence-corrected chi connectivity index (χ2v) is 7.34. The lowest BCUT2D eigenvalue weighted by molar-refractivity contribution is -0.124. The van der Waals surface area contributed by atoms with Crippen LogP contribution in [-0.4, -0.2) is 27.3 Å². The Balaban J connectivity index is 1.33. The molecule has 0 bridgehead atoms. The van der Waals surface area contributed by atoms with Gasteiger partial charge in [-0.3, -0.25) is 9.59 Å². The van der Waals surface area contributed by atoms with Gasteiger partial charge in [-0.2, -0.15) is 5.26 Å². The highest BCUT2D eigenvalue weighted by Crippen LogP contribution is 2.36. The molecule has 2 N–H and O–H groups in total. The number of carbonyl (C=O) groups is 2. The largest absolute Gasteiger partial charge is 0.456 e. The molecule has 0 radical (unpaired) electrons. The van der Waals surface area contributed by atoms with Crippen LogP contribution in [-0.2, 0) is 11.3 Å². The average Bonchev–Trinajstić information content (AvgIpc) is 3.60. The predicted octanol–water partition coefficient (Wildman–Crippen LogP) is 2.86. The normalized spacial score (nSPS) is 13.5. The summed E-state index contributed by atoms with van der Waals surface area (Å²) in [6.07, 6.45) is 5.24. The van der Waals surface area contributed by atoms with Gasteiger partial charge in [0.05, 0.1) is 11.1 Å². The smallest absolute Gasteiger partial charge is 0.255 e. The molecular weight excluding hydrogens is 413 g/mol. The quantitative estimate of drug-likeness (QED) is 0.594. The lowest BCUT2D eigenvalue weighted by Crippen LogP contribution is -2.48. The molecule has 0 saturated heterocycles. The molecule has 160 valence electrons. The minimum atomic E-state index is -0.910. The van der Waals surface area contributed by atoms with E-state index in [2.05, 4.69) is 20.6 Å². The minimum Gasteiger partial charge on any atom is -0.456 e. The fourth-order valence-electron chi connectivity index (χ4n) is 3.07. The van der Waals surface area contributed by atoms with Crippen LogP contribution in [0.5, 0.6) is 11.5 Å². The molecule has 32 heavy (non-hydrogen) atoms. The zero-order valence-electron chi connectivity index (χ0n) is 16.8. The van der Waals surface area contributed by atoms with Crippen LogP contribution >= 0.6 is 0 Å². The van der Waals surface area contributed by atoms with Crippen molar-refractivity contribution in [1.82, 2.24) is 20.6 Å². The summed E-state index contributed by atoms with van der Waals surface area (Å²) >= 11 is 0. The number of ether oxygens (including phenoxy) is 1. The molecule has 4 rings (SSSR count). The van der Waals surface area contributed by atoms with Crippen molar-refractivity contribution in [3.05, 3.63) is 83.7 Å². The van der Waals surface area contributed by atoms with E-state index < -0.39 is 17.3 Å². The molecule has 1 heterocycles. The van der Waals surface area contributed by atoms with Gasteiger partial charge in [-0.1, -0.05) is 12.1 Å². The van der Waals surface area contributed by atoms with E-state index in [9.17, 15) is 14.0 Å². The topological polar surface area (TPSA) is 117 Å². The van der Waals surface area contributed by atoms with Crippen LogP contribution in [0, 0.1) is 17.1 Å². The van der Waals surface area contributed by atoms with Gasteiger partial charge in [0, 0.05) is 18.9 Å². The molecule has 0 aliphatic heterocycles. The molecule has 1 saturated carbocycles. The number of hydrogen-bond donors (Lipinski definition) is 2. The molecule has 0 unspecified atom stereocenters. The Morgan fingerprint density at radius 1 is 1.12 bits per heavy atom. The van der Waals surface area contributed by atoms with Crippen molar-refractivity contribution < 1.29 is 18.7 Å². The summed E-state index contributed by atoms with van der Waals surface area (Å²) in [5, 5.41) is 14.7. The number of amides is 2. The molecule has 1 aliphatic rings. The minimum absolute atomic E-state index is 0.0974. The molecule has 1 aliphatic carbocycles. The predicted molar refractivity (Wildman–Crippen MR) is 111 cm³/mol. The number of carbonyl (C=O) groups excluding carboxylic acids is 2. The van der Waals surface area contributed by atoms with Crippen molar-refractivity contribution in [3.8, 4) is 17.6 Å². The van der Waals surface area contributed by atoms with Crippen molar-refractivity contribution in [1.29, 1.82) is 5.26 Å². The molecule has 2 amide bonds. The Hall–Kier alpha value is -4.32. The number of nitriles is 1. The lowest BCUT2D eigenvalue weighted by Gasteiger charge is -2.17. The molecule has 0 atom stereocenters. The highest BCUT2D eigenvalue weighted by Gasteiger charge is 2.51. The SMILES string of the molecule is N#Cc1cc(F)ccc1Oc1ccc(CNC(=O)C2(NC(=O)c3cncnc3)CC2)cc1. The van der Waals surface area contributed by atoms with Gasteiger partial charge in [0.2, 0.25) is 5.91 Å². The number of aromatic nitrogens is 2. The zero-order chi connectivity index (χ0) is 22.6. The fourth-order valence-corrected chi connectivity index (χ4v) is 3.07. The Morgan fingerprint density at radius 2 is 1.84 bits per heavy atom. The summed E-state index contributed by atoms with van der Waals surface area (Å²) < 4.78 is 18.9. The van der Waals surface area contributed by atoms with Crippen LogP contribution in [0.25, 0.3) is 0 Å². The number of hydrogen-bond acceptors (Lipinski definition) is 6. The van der Waals surface area contributed by atoms with Gasteiger partial charge in [-0.25, -0.2) is 14.4 Å². The highest BCUT2D eigenvalue weighted by molar-refractivity contribution is 6.00. The number of nitrogens with one attached hydrogen (secondary N) is 2. The maximum Gasteiger partial charge on any atom is 0.255 e. The van der Waals surface area contributed by atoms with Crippen LogP contribution in [0.2, 0.25) is 0 Å². The molecule has 1 aromatic heterocycles. The first-order valence-electron chi connectivity index (χ1n) is 9.81. The molecule has 2 aromatic carbocycles. The Morgan fingerprint density at radius 3 is 2.50 bits per heavy atom. The molecule has 3 aromatic rings. The van der Waals surface area contributed by atoms with E-state index in [1.807, 2.05) is 6.07 Å². The van der Waals surface area contributed by atoms with Crippen LogP contribution in [0.3, 0.4) is 0 Å². The molecular formula is C23H18FN5O3. The second kappa shape index (κ2) is 8.81. The first kappa shape index (κ1) is 20.9. The van der Waals surface area contributed by atoms with E-state index in [0.717, 1.165) is 11.6 Å². The van der Waals surface area contributed by atoms with Crippen LogP contribution < -0.4 is 15.4 Å². The van der Waals surface area contributed by atoms with Gasteiger partial charge in [-0.15, -0.1) is 0 Å². The first-order valence-corrected chi connectivity index (χ1v) is 9.81. The maximum absolute atomic E-state index is 13.3. The fraction of sp³-hybridized carbons (Fsp3) is 0.174. The monoisotopic (exact) mass is 431 g/mol. The summed E-state index contributed by atoms with van der Waals surface area (Å²) in [6, 6.07) is 12.5. The van der Waals surface area contributed by atoms with Crippen molar-refractivity contribution in [2.24, 2.45) is 0 Å². The molecule has 9 heteroatoms. The third-order valence-electron chi connectivity index (χ3n) is 5.03. The van der Waals surface area contributed by atoms with E-state index >= 15 is 0 Å². The Labute approximate surface area is 183 Å². The third kappa shape index (κ3) is 4.70. The van der Waals surface area contributed by atoms with E-state index in [1.54, 1.807) is 24.3 Å². The summed E-state index contributed by atoms with van der Waals surface area (Å²) in [6.45, 7) is 0.269. The molecule has 1 fully saturated rings. The standard InChI is InChI=1S/C23H18FN5O3/c24-18-3-6-20(16(9-18)10-25)32-19-4-1-15(2-5-19)11-28-22(31)23(7-8-23)29-21(30)17-12-26-14-27-13-17/h1-6,9,12-14H,7-8,11H2,(H,28,31)(H,29,30). The molecule has 8 nitrogen and oxygen atoms in total. The van der Waals surface area contributed by atoms with Gasteiger partial charge < -0.3 is 15.4 Å². The average molecular weight is 431 g/mol. The van der Waals surface area contributed by atoms with E-state index in [4.69, 9.17) is 10.00 Å². The van der Waals surface area contributed by atoms with Crippen LogP contribution in [0.15, 0.2) is 61.2 Å². The number of nitrogens with zero attached hydrogens (tertiary/aromatic N) is 3. The highest BCUT2D eigenvalue weighted by atomic mass is 19.1. The number of rotatable bonds is 7. The van der Waals surface area contributed by atoms with Gasteiger partial charge in [0.1, 0.15) is 35.3 Å². The van der Waals surface area contributed by atoms with E-state index in [0.29, 0.717) is 24.2 Å². The summed E-state index contributed by atoms with van der Waals surface area (Å²) in [4.78, 5) is 32.6. The molecule has 0 spiro atoms. The zero-order valence-corrected chi connectivity index (χ0v) is 16.8. The third-order valence-corrected chi connectivity index (χ3v) is 5.03. The van der Waals surface area contributed by atoms with E-state index in [1.165, 1.54) is 30.9 Å². The van der Waals surface area contributed by atoms with E-state index in [-0.39, 0.29) is 23.8 Å². The number of halogens is 1. The summed E-state index contributed by atoms with van der Waals surface area (Å²) in [5.74, 6) is -0.434. The maximum atomic E-state index is 13.3. The van der Waals surface area contributed by atoms with Gasteiger partial charge >= 0.3 is 0 Å².